The van der Waals surface area contributed by atoms with E-state index in [2.05, 4.69) is 0 Å². The zero-order valence-electron chi connectivity index (χ0n) is 10.2. The van der Waals surface area contributed by atoms with Gasteiger partial charge in [-0.3, -0.25) is 4.79 Å². The number of carbonyl (C=O) groups excluding carboxylic acids is 1. The molecule has 19 heavy (non-hydrogen) atoms. The normalized spacial score (nSPS) is 13.4. The lowest BCUT2D eigenvalue weighted by atomic mass is 10.1. The third-order valence-corrected chi connectivity index (χ3v) is 4.27. The van der Waals surface area contributed by atoms with Crippen LogP contribution in [0.1, 0.15) is 20.8 Å². The molecule has 3 rings (SSSR count). The van der Waals surface area contributed by atoms with E-state index in [4.69, 9.17) is 21.1 Å². The van der Waals surface area contributed by atoms with Crippen LogP contribution in [0.15, 0.2) is 23.6 Å². The van der Waals surface area contributed by atoms with Crippen molar-refractivity contribution in [2.75, 3.05) is 13.2 Å². The number of ether oxygens (including phenoxy) is 2. The molecule has 1 aromatic carbocycles. The molecule has 0 aliphatic carbocycles. The Kier molecular flexibility index (Phi) is 3.21. The van der Waals surface area contributed by atoms with Gasteiger partial charge in [-0.05, 0) is 30.0 Å². The Morgan fingerprint density at radius 1 is 1.26 bits per heavy atom. The molecule has 0 unspecified atom stereocenters. The van der Waals surface area contributed by atoms with Gasteiger partial charge in [0.25, 0.3) is 0 Å². The van der Waals surface area contributed by atoms with Gasteiger partial charge in [0.15, 0.2) is 11.5 Å². The molecule has 1 aliphatic rings. The van der Waals surface area contributed by atoms with Gasteiger partial charge in [-0.1, -0.05) is 11.6 Å². The van der Waals surface area contributed by atoms with E-state index in [1.54, 1.807) is 12.1 Å². The summed E-state index contributed by atoms with van der Waals surface area (Å²) in [5.41, 5.74) is 1.41. The topological polar surface area (TPSA) is 35.5 Å². The zero-order valence-corrected chi connectivity index (χ0v) is 11.8. The highest BCUT2D eigenvalue weighted by molar-refractivity contribution is 7.12. The zero-order chi connectivity index (χ0) is 13.4. The van der Waals surface area contributed by atoms with Gasteiger partial charge in [0, 0.05) is 11.6 Å². The highest BCUT2D eigenvalue weighted by atomic mass is 35.5. The lowest BCUT2D eigenvalue weighted by Crippen LogP contribution is -2.16. The first kappa shape index (κ1) is 12.5. The first-order chi connectivity index (χ1) is 9.16. The number of fused-ring (bicyclic) bond motifs is 1. The molecule has 0 saturated carbocycles. The predicted molar refractivity (Wildman–Crippen MR) is 74.9 cm³/mol. The summed E-state index contributed by atoms with van der Waals surface area (Å²) in [6.45, 7) is 2.90. The van der Waals surface area contributed by atoms with Crippen molar-refractivity contribution in [1.29, 1.82) is 0 Å². The summed E-state index contributed by atoms with van der Waals surface area (Å²) < 4.78 is 10.9. The van der Waals surface area contributed by atoms with E-state index >= 15 is 0 Å². The second-order valence-corrected chi connectivity index (χ2v) is 5.56. The fourth-order valence-corrected chi connectivity index (χ4v) is 3.08. The van der Waals surface area contributed by atoms with Gasteiger partial charge in [0.05, 0.1) is 9.90 Å². The summed E-state index contributed by atoms with van der Waals surface area (Å²) >= 11 is 7.59. The number of halogens is 1. The number of hydrogen-bond acceptors (Lipinski definition) is 4. The van der Waals surface area contributed by atoms with Gasteiger partial charge < -0.3 is 9.47 Å². The van der Waals surface area contributed by atoms with E-state index in [0.29, 0.717) is 40.2 Å². The number of hydrogen-bond donors (Lipinski definition) is 0. The summed E-state index contributed by atoms with van der Waals surface area (Å²) in [5.74, 6) is 1.10. The third kappa shape index (κ3) is 2.22. The Bertz CT molecular complexity index is 648. The Balaban J connectivity index is 2.06. The monoisotopic (exact) mass is 294 g/mol. The molecule has 1 aromatic heterocycles. The molecule has 0 saturated heterocycles. The number of aryl methyl sites for hydroxylation is 1. The van der Waals surface area contributed by atoms with E-state index < -0.39 is 0 Å². The first-order valence-electron chi connectivity index (χ1n) is 5.85. The highest BCUT2D eigenvalue weighted by Gasteiger charge is 2.21. The summed E-state index contributed by atoms with van der Waals surface area (Å²) in [6, 6.07) is 5.23. The molecule has 3 nitrogen and oxygen atoms in total. The minimum Gasteiger partial charge on any atom is -0.486 e. The molecule has 0 amide bonds. The third-order valence-electron chi connectivity index (χ3n) is 2.94. The van der Waals surface area contributed by atoms with Gasteiger partial charge in [0.1, 0.15) is 13.2 Å². The van der Waals surface area contributed by atoms with Crippen LogP contribution in [0.2, 0.25) is 5.02 Å². The molecule has 0 spiro atoms. The minimum atomic E-state index is -0.0746. The van der Waals surface area contributed by atoms with Crippen molar-refractivity contribution >= 4 is 28.7 Å². The summed E-state index contributed by atoms with van der Waals surface area (Å²) in [5, 5.41) is 2.29. The Hall–Kier alpha value is -1.52. The fourth-order valence-electron chi connectivity index (χ4n) is 1.97. The SMILES string of the molecule is Cc1ccsc1C(=O)c1cc2c(cc1Cl)OCCO2. The smallest absolute Gasteiger partial charge is 0.204 e. The molecule has 0 fully saturated rings. The molecule has 2 aromatic rings. The minimum absolute atomic E-state index is 0.0746. The van der Waals surface area contributed by atoms with Crippen LogP contribution in [0.4, 0.5) is 0 Å². The van der Waals surface area contributed by atoms with E-state index in [9.17, 15) is 4.79 Å². The number of rotatable bonds is 2. The predicted octanol–water partition coefficient (Wildman–Crippen LogP) is 3.71. The van der Waals surface area contributed by atoms with Crippen LogP contribution < -0.4 is 9.47 Å². The second-order valence-electron chi connectivity index (χ2n) is 4.24. The van der Waals surface area contributed by atoms with Gasteiger partial charge in [-0.2, -0.15) is 0 Å². The molecule has 0 radical (unpaired) electrons. The first-order valence-corrected chi connectivity index (χ1v) is 7.10. The van der Waals surface area contributed by atoms with Gasteiger partial charge >= 0.3 is 0 Å². The van der Waals surface area contributed by atoms with Crippen molar-refractivity contribution in [2.24, 2.45) is 0 Å². The average Bonchev–Trinajstić information content (AvgIpc) is 2.83. The standard InChI is InChI=1S/C14H11ClO3S/c1-8-2-5-19-14(8)13(16)9-6-11-12(7-10(9)15)18-4-3-17-11/h2,5-7H,3-4H2,1H3. The molecule has 0 atom stereocenters. The van der Waals surface area contributed by atoms with Crippen LogP contribution in [-0.2, 0) is 0 Å². The number of benzene rings is 1. The summed E-state index contributed by atoms with van der Waals surface area (Å²) in [6.07, 6.45) is 0. The fraction of sp³-hybridized carbons (Fsp3) is 0.214. The van der Waals surface area contributed by atoms with Crippen LogP contribution in [0.5, 0.6) is 11.5 Å². The molecule has 0 bridgehead atoms. The Morgan fingerprint density at radius 2 is 1.95 bits per heavy atom. The van der Waals surface area contributed by atoms with Crippen LogP contribution in [0.25, 0.3) is 0 Å². The number of thiophene rings is 1. The van der Waals surface area contributed by atoms with Crippen LogP contribution in [0.3, 0.4) is 0 Å². The molecule has 5 heteroatoms. The maximum Gasteiger partial charge on any atom is 0.204 e. The summed E-state index contributed by atoms with van der Waals surface area (Å²) in [4.78, 5) is 13.2. The van der Waals surface area contributed by atoms with E-state index in [0.717, 1.165) is 5.56 Å². The Labute approximate surface area is 119 Å². The maximum atomic E-state index is 12.5. The lowest BCUT2D eigenvalue weighted by Gasteiger charge is -2.19. The van der Waals surface area contributed by atoms with Crippen molar-refractivity contribution in [1.82, 2.24) is 0 Å². The van der Waals surface area contributed by atoms with Crippen molar-refractivity contribution in [3.8, 4) is 11.5 Å². The van der Waals surface area contributed by atoms with E-state index in [1.807, 2.05) is 18.4 Å². The van der Waals surface area contributed by atoms with Gasteiger partial charge in [-0.15, -0.1) is 11.3 Å². The number of ketones is 1. The maximum absolute atomic E-state index is 12.5. The van der Waals surface area contributed by atoms with Crippen LogP contribution in [0, 0.1) is 6.92 Å². The molecule has 1 aliphatic heterocycles. The number of carbonyl (C=O) groups is 1. The highest BCUT2D eigenvalue weighted by Crippen LogP contribution is 2.36. The van der Waals surface area contributed by atoms with Gasteiger partial charge in [-0.25, -0.2) is 0 Å². The van der Waals surface area contributed by atoms with Crippen molar-refractivity contribution in [3.05, 3.63) is 44.6 Å². The van der Waals surface area contributed by atoms with Crippen LogP contribution >= 0.6 is 22.9 Å². The Morgan fingerprint density at radius 3 is 2.58 bits per heavy atom. The van der Waals surface area contributed by atoms with Gasteiger partial charge in [0.2, 0.25) is 5.78 Å². The lowest BCUT2D eigenvalue weighted by molar-refractivity contribution is 0.104. The van der Waals surface area contributed by atoms with Crippen molar-refractivity contribution in [3.63, 3.8) is 0 Å². The molecular formula is C14H11ClO3S. The summed E-state index contributed by atoms with van der Waals surface area (Å²) in [7, 11) is 0. The van der Waals surface area contributed by atoms with Crippen molar-refractivity contribution in [2.45, 2.75) is 6.92 Å². The average molecular weight is 295 g/mol. The second kappa shape index (κ2) is 4.87. The largest absolute Gasteiger partial charge is 0.486 e. The van der Waals surface area contributed by atoms with Crippen LogP contribution in [-0.4, -0.2) is 19.0 Å². The molecular weight excluding hydrogens is 284 g/mol. The van der Waals surface area contributed by atoms with E-state index in [1.165, 1.54) is 11.3 Å². The molecule has 2 heterocycles. The quantitative estimate of drug-likeness (QED) is 0.792. The van der Waals surface area contributed by atoms with Crippen molar-refractivity contribution < 1.29 is 14.3 Å². The molecule has 0 N–H and O–H groups in total. The molecule has 98 valence electrons. The van der Waals surface area contributed by atoms with E-state index in [-0.39, 0.29) is 5.78 Å².